The highest BCUT2D eigenvalue weighted by Crippen LogP contribution is 2.17. The maximum absolute atomic E-state index is 10.0. The molecule has 2 rings (SSSR count). The molecule has 0 saturated carbocycles. The SMILES string of the molecule is CN1CCN(CCOCC(O)c2cccc(Cl)c2)CC1.Cl.Cl. The third-order valence-electron chi connectivity index (χ3n) is 3.66. The minimum atomic E-state index is -0.610. The van der Waals surface area contributed by atoms with Gasteiger partial charge in [0.25, 0.3) is 0 Å². The molecule has 0 aromatic heterocycles. The van der Waals surface area contributed by atoms with Gasteiger partial charge in [0.2, 0.25) is 0 Å². The van der Waals surface area contributed by atoms with Crippen LogP contribution >= 0.6 is 36.4 Å². The molecule has 1 aliphatic rings. The van der Waals surface area contributed by atoms with Gasteiger partial charge in [0, 0.05) is 37.7 Å². The Balaban J connectivity index is 0.00000220. The van der Waals surface area contributed by atoms with Gasteiger partial charge in [-0.15, -0.1) is 24.8 Å². The van der Waals surface area contributed by atoms with Crippen LogP contribution in [0, 0.1) is 0 Å². The van der Waals surface area contributed by atoms with Crippen LogP contribution in [-0.2, 0) is 4.74 Å². The van der Waals surface area contributed by atoms with Crippen molar-refractivity contribution in [1.82, 2.24) is 9.80 Å². The molecule has 1 aromatic carbocycles. The number of halogens is 3. The highest BCUT2D eigenvalue weighted by Gasteiger charge is 2.13. The second-order valence-corrected chi connectivity index (χ2v) is 5.73. The van der Waals surface area contributed by atoms with Crippen LogP contribution < -0.4 is 0 Å². The van der Waals surface area contributed by atoms with Gasteiger partial charge in [-0.2, -0.15) is 0 Å². The van der Waals surface area contributed by atoms with E-state index in [4.69, 9.17) is 16.3 Å². The summed E-state index contributed by atoms with van der Waals surface area (Å²) in [6.07, 6.45) is -0.610. The zero-order valence-electron chi connectivity index (χ0n) is 12.8. The summed E-state index contributed by atoms with van der Waals surface area (Å²) in [4.78, 5) is 4.73. The molecule has 1 heterocycles. The first kappa shape index (κ1) is 21.9. The fraction of sp³-hybridized carbons (Fsp3) is 0.600. The van der Waals surface area contributed by atoms with Gasteiger partial charge < -0.3 is 14.7 Å². The van der Waals surface area contributed by atoms with E-state index in [0.717, 1.165) is 38.3 Å². The van der Waals surface area contributed by atoms with Crippen LogP contribution in [0.4, 0.5) is 0 Å². The Bertz CT molecular complexity index is 416. The van der Waals surface area contributed by atoms with Crippen molar-refractivity contribution in [2.24, 2.45) is 0 Å². The van der Waals surface area contributed by atoms with Gasteiger partial charge in [0.05, 0.1) is 13.2 Å². The maximum atomic E-state index is 10.0. The highest BCUT2D eigenvalue weighted by atomic mass is 35.5. The highest BCUT2D eigenvalue weighted by molar-refractivity contribution is 6.30. The maximum Gasteiger partial charge on any atom is 0.102 e. The summed E-state index contributed by atoms with van der Waals surface area (Å²) in [5.74, 6) is 0. The summed E-state index contributed by atoms with van der Waals surface area (Å²) in [5.41, 5.74) is 0.803. The molecule has 1 N–H and O–H groups in total. The van der Waals surface area contributed by atoms with Crippen molar-refractivity contribution in [1.29, 1.82) is 0 Å². The molecule has 22 heavy (non-hydrogen) atoms. The number of ether oxygens (including phenoxy) is 1. The van der Waals surface area contributed by atoms with E-state index < -0.39 is 6.10 Å². The number of piperazine rings is 1. The van der Waals surface area contributed by atoms with E-state index in [2.05, 4.69) is 16.8 Å². The van der Waals surface area contributed by atoms with Gasteiger partial charge in [0.15, 0.2) is 0 Å². The van der Waals surface area contributed by atoms with Crippen molar-refractivity contribution < 1.29 is 9.84 Å². The Morgan fingerprint density at radius 3 is 2.55 bits per heavy atom. The lowest BCUT2D eigenvalue weighted by molar-refractivity contribution is 0.0214. The van der Waals surface area contributed by atoms with E-state index in [0.29, 0.717) is 18.2 Å². The van der Waals surface area contributed by atoms with Crippen molar-refractivity contribution in [3.05, 3.63) is 34.9 Å². The van der Waals surface area contributed by atoms with Gasteiger partial charge in [-0.25, -0.2) is 0 Å². The van der Waals surface area contributed by atoms with Gasteiger partial charge in [-0.1, -0.05) is 23.7 Å². The van der Waals surface area contributed by atoms with E-state index in [-0.39, 0.29) is 24.8 Å². The van der Waals surface area contributed by atoms with Crippen LogP contribution in [0.15, 0.2) is 24.3 Å². The predicted octanol–water partition coefficient (Wildman–Crippen LogP) is 2.48. The lowest BCUT2D eigenvalue weighted by Gasteiger charge is -2.32. The standard InChI is InChI=1S/C15H23ClN2O2.2ClH/c1-17-5-7-18(8-6-17)9-10-20-12-15(19)13-3-2-4-14(16)11-13;;/h2-4,11,15,19H,5-10,12H2,1H3;2*1H. The Morgan fingerprint density at radius 1 is 1.23 bits per heavy atom. The molecule has 7 heteroatoms. The molecular weight excluding hydrogens is 347 g/mol. The quantitative estimate of drug-likeness (QED) is 0.779. The first-order valence-electron chi connectivity index (χ1n) is 7.07. The molecule has 0 amide bonds. The minimum absolute atomic E-state index is 0. The van der Waals surface area contributed by atoms with Crippen LogP contribution in [0.1, 0.15) is 11.7 Å². The molecule has 1 atom stereocenters. The topological polar surface area (TPSA) is 35.9 Å². The molecule has 1 aromatic rings. The molecule has 0 bridgehead atoms. The number of likely N-dealkylation sites (N-methyl/N-ethyl adjacent to an activating group) is 1. The van der Waals surface area contributed by atoms with Crippen molar-refractivity contribution in [2.75, 3.05) is 53.0 Å². The molecule has 1 fully saturated rings. The Morgan fingerprint density at radius 2 is 1.91 bits per heavy atom. The van der Waals surface area contributed by atoms with E-state index >= 15 is 0 Å². The lowest BCUT2D eigenvalue weighted by atomic mass is 10.1. The van der Waals surface area contributed by atoms with Crippen LogP contribution in [0.5, 0.6) is 0 Å². The van der Waals surface area contributed by atoms with Crippen LogP contribution in [0.3, 0.4) is 0 Å². The second kappa shape index (κ2) is 11.5. The average Bonchev–Trinajstić information content (AvgIpc) is 2.45. The number of hydrogen-bond acceptors (Lipinski definition) is 4. The smallest absolute Gasteiger partial charge is 0.102 e. The van der Waals surface area contributed by atoms with E-state index in [1.54, 1.807) is 12.1 Å². The normalized spacial score (nSPS) is 17.4. The first-order valence-corrected chi connectivity index (χ1v) is 7.45. The first-order chi connectivity index (χ1) is 9.65. The van der Waals surface area contributed by atoms with Gasteiger partial charge in [0.1, 0.15) is 6.10 Å². The van der Waals surface area contributed by atoms with Gasteiger partial charge >= 0.3 is 0 Å². The largest absolute Gasteiger partial charge is 0.386 e. The zero-order valence-corrected chi connectivity index (χ0v) is 15.2. The second-order valence-electron chi connectivity index (χ2n) is 5.29. The van der Waals surface area contributed by atoms with Crippen molar-refractivity contribution in [3.8, 4) is 0 Å². The third-order valence-corrected chi connectivity index (χ3v) is 3.89. The Hall–Kier alpha value is -0.0700. The molecule has 128 valence electrons. The third kappa shape index (κ3) is 7.47. The Labute approximate surface area is 150 Å². The van der Waals surface area contributed by atoms with Crippen LogP contribution in [0.2, 0.25) is 5.02 Å². The monoisotopic (exact) mass is 370 g/mol. The number of rotatable bonds is 6. The molecular formula is C15H25Cl3N2O2. The van der Waals surface area contributed by atoms with E-state index in [9.17, 15) is 5.11 Å². The summed E-state index contributed by atoms with van der Waals surface area (Å²) in [7, 11) is 2.15. The fourth-order valence-corrected chi connectivity index (χ4v) is 2.47. The number of hydrogen-bond donors (Lipinski definition) is 1. The van der Waals surface area contributed by atoms with Crippen molar-refractivity contribution in [2.45, 2.75) is 6.10 Å². The van der Waals surface area contributed by atoms with Crippen LogP contribution in [0.25, 0.3) is 0 Å². The van der Waals surface area contributed by atoms with Gasteiger partial charge in [-0.3, -0.25) is 4.90 Å². The minimum Gasteiger partial charge on any atom is -0.386 e. The number of aliphatic hydroxyl groups is 1. The molecule has 1 aliphatic heterocycles. The molecule has 4 nitrogen and oxygen atoms in total. The number of benzene rings is 1. The molecule has 0 spiro atoms. The molecule has 0 aliphatic carbocycles. The average molecular weight is 372 g/mol. The van der Waals surface area contributed by atoms with Crippen LogP contribution in [-0.4, -0.2) is 67.9 Å². The number of aliphatic hydroxyl groups excluding tert-OH is 1. The number of nitrogens with zero attached hydrogens (tertiary/aromatic N) is 2. The summed E-state index contributed by atoms with van der Waals surface area (Å²) >= 11 is 5.90. The van der Waals surface area contributed by atoms with Gasteiger partial charge in [-0.05, 0) is 24.7 Å². The predicted molar refractivity (Wildman–Crippen MR) is 95.7 cm³/mol. The zero-order chi connectivity index (χ0) is 14.4. The summed E-state index contributed by atoms with van der Waals surface area (Å²) in [5, 5.41) is 10.7. The lowest BCUT2D eigenvalue weighted by Crippen LogP contribution is -2.45. The van der Waals surface area contributed by atoms with E-state index in [1.807, 2.05) is 12.1 Å². The summed E-state index contributed by atoms with van der Waals surface area (Å²) < 4.78 is 5.57. The van der Waals surface area contributed by atoms with Crippen molar-refractivity contribution >= 4 is 36.4 Å². The Kier molecular flexibility index (Phi) is 11.4. The summed E-state index contributed by atoms with van der Waals surface area (Å²) in [6, 6.07) is 7.27. The fourth-order valence-electron chi connectivity index (χ4n) is 2.27. The molecule has 0 radical (unpaired) electrons. The van der Waals surface area contributed by atoms with Crippen molar-refractivity contribution in [3.63, 3.8) is 0 Å². The summed E-state index contributed by atoms with van der Waals surface area (Å²) in [6.45, 7) is 6.31. The molecule has 1 saturated heterocycles. The van der Waals surface area contributed by atoms with E-state index in [1.165, 1.54) is 0 Å². The molecule has 1 unspecified atom stereocenters.